The zero-order valence-electron chi connectivity index (χ0n) is 22.4. The summed E-state index contributed by atoms with van der Waals surface area (Å²) in [5.74, 6) is 0.439. The topological polar surface area (TPSA) is 165 Å². The monoisotopic (exact) mass is 548 g/mol. The third-order valence-electron chi connectivity index (χ3n) is 11.6. The van der Waals surface area contributed by atoms with Gasteiger partial charge < -0.3 is 25.5 Å². The molecular weight excluding hydrogens is 500 g/mol. The fourth-order valence-electron chi connectivity index (χ4n) is 9.46. The molecule has 0 saturated heterocycles. The van der Waals surface area contributed by atoms with Gasteiger partial charge in [-0.1, -0.05) is 20.8 Å². The van der Waals surface area contributed by atoms with Crippen LogP contribution < -0.4 is 0 Å². The molecule has 4 aliphatic carbocycles. The Morgan fingerprint density at radius 1 is 1.00 bits per heavy atom. The lowest BCUT2D eigenvalue weighted by Crippen LogP contribution is -2.62. The summed E-state index contributed by atoms with van der Waals surface area (Å²) in [6.07, 6.45) is 4.54. The van der Waals surface area contributed by atoms with Gasteiger partial charge in [-0.05, 0) is 104 Å². The molecule has 13 atom stereocenters. The summed E-state index contributed by atoms with van der Waals surface area (Å²) < 4.78 is 34.9. The summed E-state index contributed by atoms with van der Waals surface area (Å²) in [5, 5.41) is 53.5. The zero-order chi connectivity index (χ0) is 27.3. The minimum Gasteiger partial charge on any atom is -0.396 e. The van der Waals surface area contributed by atoms with E-state index in [0.29, 0.717) is 19.3 Å². The van der Waals surface area contributed by atoms with Gasteiger partial charge in [0, 0.05) is 5.92 Å². The highest BCUT2D eigenvalue weighted by atomic mass is 32.3. The smallest absolute Gasteiger partial charge is 0.396 e. The molecule has 4 fully saturated rings. The molecule has 0 radical (unpaired) electrons. The van der Waals surface area contributed by atoms with Crippen LogP contribution in [-0.4, -0.2) is 76.1 Å². The Kier molecular flexibility index (Phi) is 8.75. The highest BCUT2D eigenvalue weighted by Gasteiger charge is 2.65. The number of aliphatic hydroxyl groups is 5. The third kappa shape index (κ3) is 5.51. The summed E-state index contributed by atoms with van der Waals surface area (Å²) in [7, 11) is -4.65. The van der Waals surface area contributed by atoms with E-state index in [1.54, 1.807) is 0 Å². The minimum absolute atomic E-state index is 0.0304. The molecule has 216 valence electrons. The fraction of sp³-hybridized carbons (Fsp3) is 1.00. The van der Waals surface area contributed by atoms with Gasteiger partial charge in [0.25, 0.3) is 0 Å². The van der Waals surface area contributed by atoms with Crippen LogP contribution in [0.3, 0.4) is 0 Å². The molecule has 10 heteroatoms. The molecule has 4 aliphatic rings. The van der Waals surface area contributed by atoms with Crippen molar-refractivity contribution < 1.29 is 42.7 Å². The van der Waals surface area contributed by atoms with Gasteiger partial charge in [0.15, 0.2) is 0 Å². The van der Waals surface area contributed by atoms with Crippen molar-refractivity contribution in [3.63, 3.8) is 0 Å². The van der Waals surface area contributed by atoms with Crippen molar-refractivity contribution in [1.82, 2.24) is 0 Å². The van der Waals surface area contributed by atoms with Gasteiger partial charge in [-0.25, -0.2) is 4.18 Å². The average molecular weight is 549 g/mol. The van der Waals surface area contributed by atoms with Crippen molar-refractivity contribution >= 4 is 10.4 Å². The van der Waals surface area contributed by atoms with Crippen molar-refractivity contribution in [1.29, 1.82) is 0 Å². The molecule has 4 rings (SSSR count). The van der Waals surface area contributed by atoms with Crippen molar-refractivity contribution in [2.45, 2.75) is 103 Å². The van der Waals surface area contributed by atoms with Crippen LogP contribution in [0.15, 0.2) is 0 Å². The predicted octanol–water partition coefficient (Wildman–Crippen LogP) is 2.15. The van der Waals surface area contributed by atoms with Crippen molar-refractivity contribution in [2.24, 2.45) is 52.3 Å². The third-order valence-corrected chi connectivity index (χ3v) is 12.1. The van der Waals surface area contributed by atoms with Crippen LogP contribution in [0.5, 0.6) is 0 Å². The molecular formula is C27H48O9S. The van der Waals surface area contributed by atoms with Gasteiger partial charge in [-0.3, -0.25) is 4.55 Å². The maximum atomic E-state index is 11.7. The summed E-state index contributed by atoms with van der Waals surface area (Å²) in [6, 6.07) is 0. The molecule has 4 saturated carbocycles. The molecule has 9 nitrogen and oxygen atoms in total. The van der Waals surface area contributed by atoms with E-state index in [-0.39, 0.29) is 52.4 Å². The normalized spacial score (nSPS) is 46.4. The van der Waals surface area contributed by atoms with E-state index >= 15 is 0 Å². The number of rotatable bonds is 9. The van der Waals surface area contributed by atoms with Crippen molar-refractivity contribution in [3.05, 3.63) is 0 Å². The first-order valence-electron chi connectivity index (χ1n) is 14.2. The SMILES string of the molecule is C[C@H](CC[C@H](O)[C@H](CO)COS(=O)(=O)O)[C@H]1CC[C@H]2[C@@H]3[C@H](O)C[C@@H]4C[C@H](O)CC[C@]4(C)[C@H]3C[C@H](O)[C@]12C. The van der Waals surface area contributed by atoms with Crippen LogP contribution in [0, 0.1) is 52.3 Å². The Morgan fingerprint density at radius 3 is 2.35 bits per heavy atom. The summed E-state index contributed by atoms with van der Waals surface area (Å²) in [4.78, 5) is 0. The number of fused-ring (bicyclic) bond motifs is 5. The summed E-state index contributed by atoms with van der Waals surface area (Å²) >= 11 is 0. The highest BCUT2D eigenvalue weighted by Crippen LogP contribution is 2.68. The molecule has 0 aromatic carbocycles. The highest BCUT2D eigenvalue weighted by molar-refractivity contribution is 7.80. The Bertz CT molecular complexity index is 898. The molecule has 0 bridgehead atoms. The second-order valence-electron chi connectivity index (χ2n) is 13.3. The van der Waals surface area contributed by atoms with Crippen LogP contribution in [0.2, 0.25) is 0 Å². The largest absolute Gasteiger partial charge is 0.397 e. The second-order valence-corrected chi connectivity index (χ2v) is 14.4. The molecule has 37 heavy (non-hydrogen) atoms. The van der Waals surface area contributed by atoms with Crippen LogP contribution >= 0.6 is 0 Å². The quantitative estimate of drug-likeness (QED) is 0.237. The van der Waals surface area contributed by atoms with E-state index in [0.717, 1.165) is 38.5 Å². The van der Waals surface area contributed by atoms with E-state index in [2.05, 4.69) is 25.0 Å². The predicted molar refractivity (Wildman–Crippen MR) is 136 cm³/mol. The first-order chi connectivity index (χ1) is 17.2. The van der Waals surface area contributed by atoms with Gasteiger partial charge in [0.2, 0.25) is 0 Å². The van der Waals surface area contributed by atoms with E-state index in [9.17, 15) is 34.0 Å². The molecule has 0 unspecified atom stereocenters. The van der Waals surface area contributed by atoms with Crippen molar-refractivity contribution in [3.8, 4) is 0 Å². The fourth-order valence-corrected chi connectivity index (χ4v) is 9.81. The molecule has 0 amide bonds. The van der Waals surface area contributed by atoms with E-state index in [1.807, 2.05) is 0 Å². The molecule has 0 spiro atoms. The molecule has 6 N–H and O–H groups in total. The molecule has 0 heterocycles. The van der Waals surface area contributed by atoms with Gasteiger partial charge in [-0.15, -0.1) is 0 Å². The number of hydrogen-bond donors (Lipinski definition) is 6. The average Bonchev–Trinajstić information content (AvgIpc) is 3.17. The number of hydrogen-bond acceptors (Lipinski definition) is 8. The van der Waals surface area contributed by atoms with Gasteiger partial charge in [-0.2, -0.15) is 8.42 Å². The Balaban J connectivity index is 1.45. The van der Waals surface area contributed by atoms with Crippen molar-refractivity contribution in [2.75, 3.05) is 13.2 Å². The van der Waals surface area contributed by atoms with Gasteiger partial charge in [0.05, 0.1) is 37.6 Å². The van der Waals surface area contributed by atoms with E-state index in [4.69, 9.17) is 4.55 Å². The Morgan fingerprint density at radius 2 is 1.70 bits per heavy atom. The molecule has 0 aromatic rings. The first kappa shape index (κ1) is 29.6. The van der Waals surface area contributed by atoms with Crippen LogP contribution in [0.25, 0.3) is 0 Å². The van der Waals surface area contributed by atoms with Gasteiger partial charge >= 0.3 is 10.4 Å². The van der Waals surface area contributed by atoms with Gasteiger partial charge in [0.1, 0.15) is 0 Å². The lowest BCUT2D eigenvalue weighted by atomic mass is 9.43. The lowest BCUT2D eigenvalue weighted by molar-refractivity contribution is -0.207. The maximum Gasteiger partial charge on any atom is 0.397 e. The van der Waals surface area contributed by atoms with Crippen LogP contribution in [0.1, 0.15) is 78.6 Å². The van der Waals surface area contributed by atoms with Crippen LogP contribution in [0.4, 0.5) is 0 Å². The standard InChI is InChI=1S/C27H48O9S/c1-15(4-7-22(30)16(13-28)14-36-37(33,34)35)19-5-6-20-25-21(12-24(32)27(19,20)3)26(2)9-8-18(29)10-17(26)11-23(25)31/h15-25,28-32H,4-14H2,1-3H3,(H,33,34,35)/t15-,16-,17+,18-,19-,20+,21+,22+,23-,24+,25+,26+,27-/m1/s1. The minimum atomic E-state index is -4.65. The lowest BCUT2D eigenvalue weighted by Gasteiger charge is -2.63. The molecule has 0 aliphatic heterocycles. The number of aliphatic hydroxyl groups excluding tert-OH is 5. The van der Waals surface area contributed by atoms with Crippen LogP contribution in [-0.2, 0) is 14.6 Å². The summed E-state index contributed by atoms with van der Waals surface area (Å²) in [6.45, 7) is 5.67. The summed E-state index contributed by atoms with van der Waals surface area (Å²) in [5.41, 5.74) is -0.309. The Hall–Kier alpha value is -0.330. The molecule has 0 aromatic heterocycles. The maximum absolute atomic E-state index is 11.7. The second kappa shape index (κ2) is 10.9. The van der Waals surface area contributed by atoms with E-state index < -0.39 is 47.8 Å². The zero-order valence-corrected chi connectivity index (χ0v) is 23.3. The first-order valence-corrected chi connectivity index (χ1v) is 15.5. The van der Waals surface area contributed by atoms with E-state index in [1.165, 1.54) is 0 Å². The Labute approximate surface area is 221 Å².